The van der Waals surface area contributed by atoms with Crippen molar-refractivity contribution in [2.75, 3.05) is 23.7 Å². The Kier molecular flexibility index (Phi) is 4.14. The van der Waals surface area contributed by atoms with Crippen LogP contribution >= 0.6 is 11.6 Å². The maximum absolute atomic E-state index is 6.16. The van der Waals surface area contributed by atoms with Crippen LogP contribution in [0.3, 0.4) is 0 Å². The van der Waals surface area contributed by atoms with E-state index in [0.717, 1.165) is 25.3 Å². The van der Waals surface area contributed by atoms with Crippen LogP contribution in [-0.2, 0) is 0 Å². The molecule has 1 aromatic heterocycles. The lowest BCUT2D eigenvalue weighted by atomic mass is 10.0. The van der Waals surface area contributed by atoms with E-state index in [9.17, 15) is 0 Å². The van der Waals surface area contributed by atoms with Crippen molar-refractivity contribution in [3.8, 4) is 0 Å². The summed E-state index contributed by atoms with van der Waals surface area (Å²) in [4.78, 5) is 8.62. The number of anilines is 2. The molecule has 0 unspecified atom stereocenters. The lowest BCUT2D eigenvalue weighted by Crippen LogP contribution is -2.12. The SMILES string of the molecule is CCCNc1ncc(Cl)c(NCC2C(C)(C)C2(C)C)n1. The number of nitrogens with zero attached hydrogens (tertiary/aromatic N) is 2. The van der Waals surface area contributed by atoms with Crippen molar-refractivity contribution in [2.45, 2.75) is 41.0 Å². The summed E-state index contributed by atoms with van der Waals surface area (Å²) in [6, 6.07) is 0. The molecule has 0 atom stereocenters. The van der Waals surface area contributed by atoms with Crippen molar-refractivity contribution in [3.05, 3.63) is 11.2 Å². The molecule has 0 saturated heterocycles. The van der Waals surface area contributed by atoms with E-state index >= 15 is 0 Å². The largest absolute Gasteiger partial charge is 0.368 e. The Bertz CT molecular complexity index is 471. The molecule has 0 spiro atoms. The molecule has 1 aliphatic carbocycles. The first-order valence-corrected chi connectivity index (χ1v) is 7.68. The first-order chi connectivity index (χ1) is 9.30. The van der Waals surface area contributed by atoms with Crippen molar-refractivity contribution in [1.29, 1.82) is 0 Å². The van der Waals surface area contributed by atoms with Crippen LogP contribution in [0.15, 0.2) is 6.20 Å². The third-order valence-corrected chi connectivity index (χ3v) is 5.35. The molecule has 0 aliphatic heterocycles. The molecule has 1 heterocycles. The first-order valence-electron chi connectivity index (χ1n) is 7.31. The Hall–Kier alpha value is -1.03. The van der Waals surface area contributed by atoms with E-state index < -0.39 is 0 Å². The minimum atomic E-state index is 0.364. The Morgan fingerprint density at radius 2 is 1.85 bits per heavy atom. The number of rotatable bonds is 6. The van der Waals surface area contributed by atoms with Gasteiger partial charge in [-0.05, 0) is 23.2 Å². The quantitative estimate of drug-likeness (QED) is 0.831. The second-order valence-electron chi connectivity index (χ2n) is 6.69. The second kappa shape index (κ2) is 5.40. The number of aromatic nitrogens is 2. The van der Waals surface area contributed by atoms with Gasteiger partial charge in [0, 0.05) is 13.1 Å². The summed E-state index contributed by atoms with van der Waals surface area (Å²) in [6.07, 6.45) is 2.69. The van der Waals surface area contributed by atoms with Crippen LogP contribution < -0.4 is 10.6 Å². The topological polar surface area (TPSA) is 49.8 Å². The van der Waals surface area contributed by atoms with Crippen molar-refractivity contribution in [3.63, 3.8) is 0 Å². The van der Waals surface area contributed by atoms with Gasteiger partial charge in [-0.2, -0.15) is 4.98 Å². The summed E-state index contributed by atoms with van der Waals surface area (Å²) in [5, 5.41) is 7.13. The molecular weight excluding hydrogens is 272 g/mol. The van der Waals surface area contributed by atoms with E-state index in [1.807, 2.05) is 0 Å². The zero-order valence-corrected chi connectivity index (χ0v) is 13.8. The molecule has 0 bridgehead atoms. The first kappa shape index (κ1) is 15.4. The maximum Gasteiger partial charge on any atom is 0.224 e. The second-order valence-corrected chi connectivity index (χ2v) is 7.10. The van der Waals surface area contributed by atoms with E-state index in [0.29, 0.717) is 27.7 Å². The Labute approximate surface area is 126 Å². The normalized spacial score (nSPS) is 19.7. The molecule has 1 fully saturated rings. The highest BCUT2D eigenvalue weighted by Gasteiger charge is 2.64. The molecule has 1 aliphatic rings. The molecule has 2 N–H and O–H groups in total. The molecule has 1 saturated carbocycles. The molecule has 0 aromatic carbocycles. The van der Waals surface area contributed by atoms with Crippen LogP contribution in [-0.4, -0.2) is 23.1 Å². The van der Waals surface area contributed by atoms with Gasteiger partial charge in [-0.15, -0.1) is 0 Å². The lowest BCUT2D eigenvalue weighted by Gasteiger charge is -2.10. The summed E-state index contributed by atoms with van der Waals surface area (Å²) < 4.78 is 0. The molecular formula is C15H25ClN4. The zero-order chi connectivity index (χ0) is 15.0. The summed E-state index contributed by atoms with van der Waals surface area (Å²) in [5.74, 6) is 1.99. The van der Waals surface area contributed by atoms with E-state index in [4.69, 9.17) is 11.6 Å². The minimum Gasteiger partial charge on any atom is -0.368 e. The van der Waals surface area contributed by atoms with Crippen LogP contribution in [0.4, 0.5) is 11.8 Å². The standard InChI is InChI=1S/C15H25ClN4/c1-6-7-17-13-19-8-10(16)12(20-13)18-9-11-14(2,3)15(11,4)5/h8,11H,6-7,9H2,1-5H3,(H2,17,18,19,20). The third-order valence-electron chi connectivity index (χ3n) is 5.07. The summed E-state index contributed by atoms with van der Waals surface area (Å²) in [6.45, 7) is 13.1. The van der Waals surface area contributed by atoms with Gasteiger partial charge in [0.15, 0.2) is 0 Å². The summed E-state index contributed by atoms with van der Waals surface area (Å²) >= 11 is 6.16. The number of nitrogens with one attached hydrogen (secondary N) is 2. The summed E-state index contributed by atoms with van der Waals surface area (Å²) in [5.41, 5.74) is 0.728. The maximum atomic E-state index is 6.16. The zero-order valence-electron chi connectivity index (χ0n) is 13.0. The molecule has 0 radical (unpaired) electrons. The van der Waals surface area contributed by atoms with Crippen LogP contribution in [0, 0.1) is 16.7 Å². The third kappa shape index (κ3) is 2.71. The predicted molar refractivity (Wildman–Crippen MR) is 85.4 cm³/mol. The highest BCUT2D eigenvalue weighted by Crippen LogP contribution is 2.68. The van der Waals surface area contributed by atoms with Gasteiger partial charge >= 0.3 is 0 Å². The Morgan fingerprint density at radius 1 is 1.20 bits per heavy atom. The van der Waals surface area contributed by atoms with Gasteiger partial charge in [-0.25, -0.2) is 4.98 Å². The highest BCUT2D eigenvalue weighted by molar-refractivity contribution is 6.32. The van der Waals surface area contributed by atoms with Gasteiger partial charge in [-0.3, -0.25) is 0 Å². The molecule has 2 rings (SSSR count). The molecule has 0 amide bonds. The molecule has 112 valence electrons. The van der Waals surface area contributed by atoms with Crippen molar-refractivity contribution >= 4 is 23.4 Å². The number of hydrogen-bond acceptors (Lipinski definition) is 4. The van der Waals surface area contributed by atoms with Gasteiger partial charge in [0.25, 0.3) is 0 Å². The van der Waals surface area contributed by atoms with Gasteiger partial charge in [0.05, 0.1) is 6.20 Å². The van der Waals surface area contributed by atoms with Gasteiger partial charge in [0.2, 0.25) is 5.95 Å². The number of hydrogen-bond donors (Lipinski definition) is 2. The fourth-order valence-electron chi connectivity index (χ4n) is 2.86. The monoisotopic (exact) mass is 296 g/mol. The van der Waals surface area contributed by atoms with E-state index in [-0.39, 0.29) is 0 Å². The molecule has 1 aromatic rings. The van der Waals surface area contributed by atoms with Crippen molar-refractivity contribution in [2.24, 2.45) is 16.7 Å². The number of halogens is 1. The van der Waals surface area contributed by atoms with Gasteiger partial charge in [-0.1, -0.05) is 46.2 Å². The minimum absolute atomic E-state index is 0.364. The van der Waals surface area contributed by atoms with Gasteiger partial charge < -0.3 is 10.6 Å². The van der Waals surface area contributed by atoms with Gasteiger partial charge in [0.1, 0.15) is 10.8 Å². The molecule has 20 heavy (non-hydrogen) atoms. The van der Waals surface area contributed by atoms with Crippen LogP contribution in [0.1, 0.15) is 41.0 Å². The Morgan fingerprint density at radius 3 is 2.40 bits per heavy atom. The van der Waals surface area contributed by atoms with E-state index in [2.05, 4.69) is 55.2 Å². The average molecular weight is 297 g/mol. The molecule has 4 nitrogen and oxygen atoms in total. The summed E-state index contributed by atoms with van der Waals surface area (Å²) in [7, 11) is 0. The highest BCUT2D eigenvalue weighted by atomic mass is 35.5. The van der Waals surface area contributed by atoms with Crippen LogP contribution in [0.25, 0.3) is 0 Å². The average Bonchev–Trinajstić information content (AvgIpc) is 2.77. The smallest absolute Gasteiger partial charge is 0.224 e. The fourth-order valence-corrected chi connectivity index (χ4v) is 3.01. The van der Waals surface area contributed by atoms with Crippen molar-refractivity contribution < 1.29 is 0 Å². The Balaban J connectivity index is 1.99. The van der Waals surface area contributed by atoms with Crippen molar-refractivity contribution in [1.82, 2.24) is 9.97 Å². The van der Waals surface area contributed by atoms with E-state index in [1.54, 1.807) is 6.20 Å². The van der Waals surface area contributed by atoms with E-state index in [1.165, 1.54) is 0 Å². The predicted octanol–water partition coefficient (Wildman–Crippen LogP) is 4.05. The molecule has 5 heteroatoms. The van der Waals surface area contributed by atoms with Crippen LogP contribution in [0.2, 0.25) is 5.02 Å². The van der Waals surface area contributed by atoms with Crippen LogP contribution in [0.5, 0.6) is 0 Å². The lowest BCUT2D eigenvalue weighted by molar-refractivity contribution is 0.457. The fraction of sp³-hybridized carbons (Fsp3) is 0.733.